The Balaban J connectivity index is 1.59. The number of carbonyl (C=O) groups excluding carboxylic acids is 2. The van der Waals surface area contributed by atoms with Crippen LogP contribution in [0.3, 0.4) is 0 Å². The summed E-state index contributed by atoms with van der Waals surface area (Å²) in [7, 11) is -3.61. The van der Waals surface area contributed by atoms with Crippen molar-refractivity contribution in [3.05, 3.63) is 59.9 Å². The minimum absolute atomic E-state index is 0.190. The van der Waals surface area contributed by atoms with E-state index < -0.39 is 33.7 Å². The summed E-state index contributed by atoms with van der Waals surface area (Å²) >= 11 is 0. The van der Waals surface area contributed by atoms with Gasteiger partial charge in [-0.3, -0.25) is 9.59 Å². The molecule has 0 aliphatic carbocycles. The predicted octanol–water partition coefficient (Wildman–Crippen LogP) is 3.31. The Morgan fingerprint density at radius 1 is 1.06 bits per heavy atom. The number of piperidine rings is 1. The van der Waals surface area contributed by atoms with E-state index in [0.717, 1.165) is 5.56 Å². The van der Waals surface area contributed by atoms with E-state index in [1.165, 1.54) is 22.5 Å². The lowest BCUT2D eigenvalue weighted by molar-refractivity contribution is -0.130. The second-order valence-electron chi connectivity index (χ2n) is 8.72. The number of hydrogen-bond acceptors (Lipinski definition) is 4. The van der Waals surface area contributed by atoms with Gasteiger partial charge in [-0.15, -0.1) is 0 Å². The van der Waals surface area contributed by atoms with Gasteiger partial charge in [0.05, 0.1) is 4.90 Å². The highest BCUT2D eigenvalue weighted by Crippen LogP contribution is 2.24. The smallest absolute Gasteiger partial charge is 0.247 e. The summed E-state index contributed by atoms with van der Waals surface area (Å²) < 4.78 is 40.6. The molecule has 0 bridgehead atoms. The first-order valence-electron chi connectivity index (χ1n) is 11.0. The number of hydrogen-bond donors (Lipinski definition) is 2. The molecule has 2 aromatic carbocycles. The average Bonchev–Trinajstić information content (AvgIpc) is 2.77. The molecule has 1 unspecified atom stereocenters. The average molecular weight is 476 g/mol. The minimum Gasteiger partial charge on any atom is -0.344 e. The van der Waals surface area contributed by atoms with Crippen LogP contribution in [0.2, 0.25) is 0 Å². The van der Waals surface area contributed by atoms with Gasteiger partial charge in [-0.05, 0) is 56.0 Å². The van der Waals surface area contributed by atoms with Crippen molar-refractivity contribution in [2.75, 3.05) is 18.4 Å². The number of rotatable bonds is 7. The molecule has 1 aliphatic heterocycles. The molecule has 0 saturated carbocycles. The van der Waals surface area contributed by atoms with Crippen LogP contribution in [0.1, 0.15) is 32.3 Å². The zero-order chi connectivity index (χ0) is 24.2. The molecule has 0 radical (unpaired) electrons. The first-order chi connectivity index (χ1) is 15.6. The van der Waals surface area contributed by atoms with Crippen LogP contribution in [0, 0.1) is 24.6 Å². The Labute approximate surface area is 194 Å². The molecular weight excluding hydrogens is 445 g/mol. The van der Waals surface area contributed by atoms with Gasteiger partial charge in [0.1, 0.15) is 11.9 Å². The van der Waals surface area contributed by atoms with E-state index in [2.05, 4.69) is 10.6 Å². The molecule has 7 nitrogen and oxygen atoms in total. The number of carbonyl (C=O) groups is 2. The molecule has 3 rings (SSSR count). The van der Waals surface area contributed by atoms with Crippen LogP contribution in [-0.4, -0.2) is 43.7 Å². The Hall–Kier alpha value is -2.78. The third kappa shape index (κ3) is 6.17. The number of aryl methyl sites for hydroxylation is 1. The van der Waals surface area contributed by atoms with Crippen molar-refractivity contribution in [1.29, 1.82) is 0 Å². The highest BCUT2D eigenvalue weighted by Gasteiger charge is 2.34. The molecule has 0 spiro atoms. The molecule has 1 fully saturated rings. The zero-order valence-corrected chi connectivity index (χ0v) is 19.9. The van der Waals surface area contributed by atoms with E-state index >= 15 is 0 Å². The summed E-state index contributed by atoms with van der Waals surface area (Å²) in [4.78, 5) is 25.8. The Kier molecular flexibility index (Phi) is 7.86. The van der Waals surface area contributed by atoms with Crippen LogP contribution in [-0.2, 0) is 19.6 Å². The number of benzene rings is 2. The molecule has 1 saturated heterocycles. The van der Waals surface area contributed by atoms with E-state index in [-0.39, 0.29) is 29.8 Å². The number of nitrogens with zero attached hydrogens (tertiary/aromatic N) is 1. The van der Waals surface area contributed by atoms with Crippen molar-refractivity contribution in [3.8, 4) is 0 Å². The van der Waals surface area contributed by atoms with E-state index in [4.69, 9.17) is 0 Å². The van der Waals surface area contributed by atoms with Gasteiger partial charge in [0, 0.05) is 24.7 Å². The minimum atomic E-state index is -3.61. The number of nitrogens with one attached hydrogen (secondary N) is 2. The van der Waals surface area contributed by atoms with Crippen molar-refractivity contribution in [2.45, 2.75) is 44.6 Å². The lowest BCUT2D eigenvalue weighted by Crippen LogP contribution is -2.50. The molecule has 33 heavy (non-hydrogen) atoms. The maximum absolute atomic E-state index is 13.4. The summed E-state index contributed by atoms with van der Waals surface area (Å²) in [5, 5.41) is 5.44. The van der Waals surface area contributed by atoms with Gasteiger partial charge < -0.3 is 10.6 Å². The number of amides is 2. The summed E-state index contributed by atoms with van der Waals surface area (Å²) in [5.41, 5.74) is 1.29. The van der Waals surface area contributed by atoms with Crippen LogP contribution in [0.15, 0.2) is 53.4 Å². The lowest BCUT2D eigenvalue weighted by Gasteiger charge is -2.32. The summed E-state index contributed by atoms with van der Waals surface area (Å²) in [6, 6.07) is 11.5. The lowest BCUT2D eigenvalue weighted by atomic mass is 9.95. The fourth-order valence-corrected chi connectivity index (χ4v) is 5.28. The zero-order valence-electron chi connectivity index (χ0n) is 19.0. The van der Waals surface area contributed by atoms with E-state index in [0.29, 0.717) is 18.5 Å². The van der Waals surface area contributed by atoms with Crippen molar-refractivity contribution in [3.63, 3.8) is 0 Å². The van der Waals surface area contributed by atoms with Crippen molar-refractivity contribution in [2.24, 2.45) is 11.8 Å². The molecule has 1 aliphatic rings. The molecule has 178 valence electrons. The quantitative estimate of drug-likeness (QED) is 0.642. The molecule has 0 aromatic heterocycles. The van der Waals surface area contributed by atoms with Gasteiger partial charge in [-0.25, -0.2) is 12.8 Å². The Morgan fingerprint density at radius 3 is 2.27 bits per heavy atom. The van der Waals surface area contributed by atoms with Gasteiger partial charge in [-0.2, -0.15) is 4.31 Å². The largest absolute Gasteiger partial charge is 0.344 e. The fraction of sp³-hybridized carbons (Fsp3) is 0.417. The number of sulfonamides is 1. The number of anilines is 1. The fourth-order valence-electron chi connectivity index (χ4n) is 3.81. The normalized spacial score (nSPS) is 16.4. The molecule has 2 N–H and O–H groups in total. The second kappa shape index (κ2) is 10.4. The first kappa shape index (κ1) is 24.9. The Morgan fingerprint density at radius 2 is 1.70 bits per heavy atom. The van der Waals surface area contributed by atoms with Crippen LogP contribution in [0.4, 0.5) is 10.1 Å². The van der Waals surface area contributed by atoms with Crippen LogP contribution >= 0.6 is 0 Å². The molecule has 2 aromatic rings. The van der Waals surface area contributed by atoms with E-state index in [1.54, 1.807) is 30.3 Å². The maximum atomic E-state index is 13.4. The highest BCUT2D eigenvalue weighted by atomic mass is 32.2. The topological polar surface area (TPSA) is 95.6 Å². The first-order valence-corrected chi connectivity index (χ1v) is 12.5. The van der Waals surface area contributed by atoms with Gasteiger partial charge >= 0.3 is 0 Å². The van der Waals surface area contributed by atoms with Gasteiger partial charge in [0.25, 0.3) is 0 Å². The molecular formula is C24H30FN3O4S. The highest BCUT2D eigenvalue weighted by molar-refractivity contribution is 7.89. The van der Waals surface area contributed by atoms with E-state index in [1.807, 2.05) is 20.8 Å². The van der Waals surface area contributed by atoms with Crippen molar-refractivity contribution in [1.82, 2.24) is 9.62 Å². The standard InChI is InChI=1S/C24H30FN3O4S/c1-16(2)22(24(30)26-20-6-4-5-19(25)15-20)27-23(29)18-11-13-28(14-12-18)33(31,32)21-9-7-17(3)8-10-21/h4-10,15-16,18,22H,11-14H2,1-3H3,(H,26,30)(H,27,29). The van der Waals surface area contributed by atoms with Gasteiger partial charge in [-0.1, -0.05) is 37.6 Å². The summed E-state index contributed by atoms with van der Waals surface area (Å²) in [6.45, 7) is 5.98. The third-order valence-electron chi connectivity index (χ3n) is 5.82. The Bertz CT molecular complexity index is 1090. The van der Waals surface area contributed by atoms with Crippen molar-refractivity contribution >= 4 is 27.5 Å². The monoisotopic (exact) mass is 475 g/mol. The molecule has 1 atom stereocenters. The molecule has 9 heteroatoms. The van der Waals surface area contributed by atoms with Gasteiger partial charge in [0.2, 0.25) is 21.8 Å². The van der Waals surface area contributed by atoms with Crippen LogP contribution < -0.4 is 10.6 Å². The summed E-state index contributed by atoms with van der Waals surface area (Å²) in [5.74, 6) is -1.76. The van der Waals surface area contributed by atoms with Gasteiger partial charge in [0.15, 0.2) is 0 Å². The number of halogens is 1. The maximum Gasteiger partial charge on any atom is 0.247 e. The SMILES string of the molecule is Cc1ccc(S(=O)(=O)N2CCC(C(=O)NC(C(=O)Nc3cccc(F)c3)C(C)C)CC2)cc1. The molecule has 1 heterocycles. The second-order valence-corrected chi connectivity index (χ2v) is 10.7. The summed E-state index contributed by atoms with van der Waals surface area (Å²) in [6.07, 6.45) is 0.737. The predicted molar refractivity (Wildman–Crippen MR) is 124 cm³/mol. The molecule has 2 amide bonds. The third-order valence-corrected chi connectivity index (χ3v) is 7.74. The van der Waals surface area contributed by atoms with Crippen LogP contribution in [0.25, 0.3) is 0 Å². The van der Waals surface area contributed by atoms with Crippen molar-refractivity contribution < 1.29 is 22.4 Å². The van der Waals surface area contributed by atoms with E-state index in [9.17, 15) is 22.4 Å². The van der Waals surface area contributed by atoms with Crippen LogP contribution in [0.5, 0.6) is 0 Å².